The zero-order chi connectivity index (χ0) is 24.8. The fraction of sp³-hybridized carbons (Fsp3) is 0.286. The molecule has 3 rings (SSSR count). The lowest BCUT2D eigenvalue weighted by Crippen LogP contribution is -2.50. The summed E-state index contributed by atoms with van der Waals surface area (Å²) in [5.41, 5.74) is -2.84. The van der Waals surface area contributed by atoms with E-state index in [-0.39, 0.29) is 29.9 Å². The number of nitrogens with zero attached hydrogens (tertiary/aromatic N) is 2. The van der Waals surface area contributed by atoms with Gasteiger partial charge in [-0.05, 0) is 50.2 Å². The van der Waals surface area contributed by atoms with Gasteiger partial charge in [0.2, 0.25) is 5.91 Å². The van der Waals surface area contributed by atoms with Crippen LogP contribution >= 0.6 is 12.6 Å². The Labute approximate surface area is 185 Å². The van der Waals surface area contributed by atoms with E-state index in [2.05, 4.69) is 23.3 Å². The Balaban J connectivity index is 2.19. The van der Waals surface area contributed by atoms with Crippen LogP contribution in [0.2, 0.25) is 0 Å². The number of carbonyl (C=O) groups excluding carboxylic acids is 2. The maximum Gasteiger partial charge on any atom is 0.417 e. The third-order valence-electron chi connectivity index (χ3n) is 5.03. The van der Waals surface area contributed by atoms with E-state index in [0.29, 0.717) is 0 Å². The molecule has 0 aliphatic carbocycles. The van der Waals surface area contributed by atoms with Crippen molar-refractivity contribution < 1.29 is 25.5 Å². The Kier molecular flexibility index (Phi) is 4.78. The van der Waals surface area contributed by atoms with Crippen LogP contribution in [0.1, 0.15) is 43.6 Å². The maximum atomic E-state index is 13.6. The average molecular weight is 450 g/mol. The van der Waals surface area contributed by atoms with Gasteiger partial charge in [-0.3, -0.25) is 9.59 Å². The van der Waals surface area contributed by atoms with Gasteiger partial charge in [-0.2, -0.15) is 18.4 Å². The van der Waals surface area contributed by atoms with Crippen LogP contribution in [0.3, 0.4) is 0 Å². The lowest BCUT2D eigenvalue weighted by Gasteiger charge is -2.41. The molecule has 0 bridgehead atoms. The second kappa shape index (κ2) is 7.50. The molecule has 0 spiro atoms. The molecule has 1 aliphatic heterocycles. The van der Waals surface area contributed by atoms with E-state index in [1.807, 2.05) is 0 Å². The molecule has 0 saturated carbocycles. The number of carbonyl (C=O) groups is 2. The molecule has 162 valence electrons. The summed E-state index contributed by atoms with van der Waals surface area (Å²) in [6.45, 7) is 3.08. The smallest absolute Gasteiger partial charge is 0.355 e. The quantitative estimate of drug-likeness (QED) is 0.626. The Morgan fingerprint density at radius 3 is 2.61 bits per heavy atom. The van der Waals surface area contributed by atoms with E-state index in [9.17, 15) is 22.8 Å². The van der Waals surface area contributed by atoms with E-state index in [1.54, 1.807) is 13.8 Å². The highest BCUT2D eigenvalue weighted by Gasteiger charge is 2.55. The van der Waals surface area contributed by atoms with E-state index in [4.69, 9.17) is 8.00 Å². The molecule has 10 heteroatoms. The van der Waals surface area contributed by atoms with E-state index in [0.717, 1.165) is 12.1 Å². The number of anilines is 1. The number of nitriles is 1. The van der Waals surface area contributed by atoms with Crippen molar-refractivity contribution >= 4 is 30.1 Å². The molecule has 0 aromatic heterocycles. The predicted molar refractivity (Wildman–Crippen MR) is 111 cm³/mol. The molecule has 0 radical (unpaired) electrons. The van der Waals surface area contributed by atoms with Crippen molar-refractivity contribution in [1.29, 1.82) is 5.26 Å². The van der Waals surface area contributed by atoms with Gasteiger partial charge < -0.3 is 15.5 Å². The summed E-state index contributed by atoms with van der Waals surface area (Å²) < 4.78 is 56.0. The Bertz CT molecular complexity index is 1180. The van der Waals surface area contributed by atoms with Gasteiger partial charge in [0.25, 0.3) is 5.91 Å². The van der Waals surface area contributed by atoms with Crippen molar-refractivity contribution in [2.75, 3.05) is 11.9 Å². The van der Waals surface area contributed by atoms with Crippen molar-refractivity contribution in [1.82, 2.24) is 10.6 Å². The second-order valence-corrected chi connectivity index (χ2v) is 8.00. The van der Waals surface area contributed by atoms with Crippen molar-refractivity contribution in [3.8, 4) is 6.07 Å². The van der Waals surface area contributed by atoms with Gasteiger partial charge in [0.1, 0.15) is 5.54 Å². The molecule has 1 atom stereocenters. The normalized spacial score (nSPS) is 21.1. The predicted octanol–water partition coefficient (Wildman–Crippen LogP) is 3.39. The Morgan fingerprint density at radius 2 is 2.03 bits per heavy atom. The molecule has 2 amide bonds. The van der Waals surface area contributed by atoms with Crippen LogP contribution in [0.25, 0.3) is 0 Å². The van der Waals surface area contributed by atoms with E-state index < -0.39 is 39.7 Å². The minimum absolute atomic E-state index is 0.00946. The lowest BCUT2D eigenvalue weighted by atomic mass is 9.99. The van der Waals surface area contributed by atoms with Gasteiger partial charge in [0.15, 0.2) is 4.99 Å². The number of hydrogen-bond donors (Lipinski definition) is 3. The molecule has 1 fully saturated rings. The van der Waals surface area contributed by atoms with Gasteiger partial charge in [-0.1, -0.05) is 6.07 Å². The largest absolute Gasteiger partial charge is 0.417 e. The molecule has 1 saturated heterocycles. The fourth-order valence-electron chi connectivity index (χ4n) is 3.47. The molecule has 31 heavy (non-hydrogen) atoms. The van der Waals surface area contributed by atoms with Crippen LogP contribution < -0.4 is 15.5 Å². The third-order valence-corrected chi connectivity index (χ3v) is 5.60. The third kappa shape index (κ3) is 3.70. The average Bonchev–Trinajstić information content (AvgIpc) is 2.91. The van der Waals surface area contributed by atoms with Crippen LogP contribution in [-0.2, 0) is 16.0 Å². The molecular weight excluding hydrogens is 429 g/mol. The van der Waals surface area contributed by atoms with Crippen molar-refractivity contribution in [3.05, 3.63) is 64.7 Å². The van der Waals surface area contributed by atoms with Gasteiger partial charge in [0.05, 0.1) is 18.6 Å². The number of halogens is 3. The summed E-state index contributed by atoms with van der Waals surface area (Å²) in [7, 11) is -0.377. The number of rotatable bonds is 3. The summed E-state index contributed by atoms with van der Waals surface area (Å²) in [6.07, 6.45) is -4.81. The first-order valence-electron chi connectivity index (χ1n) is 10.1. The summed E-state index contributed by atoms with van der Waals surface area (Å²) >= 11 is 4.57. The molecule has 2 aromatic rings. The number of alkyl halides is 3. The number of hydrogen-bond acceptors (Lipinski definition) is 5. The van der Waals surface area contributed by atoms with E-state index in [1.165, 1.54) is 35.2 Å². The van der Waals surface area contributed by atoms with Crippen molar-refractivity contribution in [2.24, 2.45) is 0 Å². The highest BCUT2D eigenvalue weighted by atomic mass is 32.1. The maximum absolute atomic E-state index is 13.6. The van der Waals surface area contributed by atoms with E-state index >= 15 is 0 Å². The molecular formula is C21H19F3N4O2S. The second-order valence-electron chi connectivity index (χ2n) is 7.36. The standard InChI is InChI=1S/C21H19F3N4O2S/c1-19(2)18(30)27-21(31,14-7-4-13(11-25)16(10-14)20(22,23)24)28(19)15-8-5-12(6-9-15)17(29)26-3/h4-10,31H,1-3H3,(H,26,29)(H,27,30)/i3D,5D. The molecule has 1 unspecified atom stereocenters. The summed E-state index contributed by atoms with van der Waals surface area (Å²) in [5.74, 6) is -1.16. The van der Waals surface area contributed by atoms with Crippen LogP contribution in [0.4, 0.5) is 18.9 Å². The minimum Gasteiger partial charge on any atom is -0.355 e. The summed E-state index contributed by atoms with van der Waals surface area (Å²) in [6, 6.07) is 8.41. The SMILES string of the molecule is [2H]CNC(=O)c1ccc(N2C(C)(C)C(=O)NC2(S)c2ccc(C#N)c(C(F)(F)F)c2)cc1[2H]. The van der Waals surface area contributed by atoms with Gasteiger partial charge in [-0.25, -0.2) is 0 Å². The molecule has 1 aliphatic rings. The van der Waals surface area contributed by atoms with Crippen LogP contribution in [0.5, 0.6) is 0 Å². The minimum atomic E-state index is -4.81. The molecule has 2 aromatic carbocycles. The zero-order valence-electron chi connectivity index (χ0n) is 18.5. The molecule has 1 heterocycles. The van der Waals surface area contributed by atoms with Gasteiger partial charge in [-0.15, -0.1) is 12.6 Å². The lowest BCUT2D eigenvalue weighted by molar-refractivity contribution is -0.137. The van der Waals surface area contributed by atoms with Gasteiger partial charge in [0, 0.05) is 25.2 Å². The molecule has 2 N–H and O–H groups in total. The number of benzene rings is 2. The number of nitrogens with one attached hydrogen (secondary N) is 2. The fourth-order valence-corrected chi connectivity index (χ4v) is 4.08. The zero-order valence-corrected chi connectivity index (χ0v) is 17.4. The summed E-state index contributed by atoms with van der Waals surface area (Å²) in [5, 5.41) is 14.0. The Hall–Kier alpha value is -3.19. The first-order valence-corrected chi connectivity index (χ1v) is 9.37. The summed E-state index contributed by atoms with van der Waals surface area (Å²) in [4.78, 5) is 24.5. The highest BCUT2D eigenvalue weighted by molar-refractivity contribution is 7.81. The van der Waals surface area contributed by atoms with Crippen molar-refractivity contribution in [2.45, 2.75) is 30.6 Å². The van der Waals surface area contributed by atoms with Crippen LogP contribution in [-0.4, -0.2) is 24.4 Å². The number of thiol groups is 1. The first-order chi connectivity index (χ1) is 15.3. The monoisotopic (exact) mass is 450 g/mol. The topological polar surface area (TPSA) is 85.2 Å². The Morgan fingerprint density at radius 1 is 1.32 bits per heavy atom. The van der Waals surface area contributed by atoms with Gasteiger partial charge >= 0.3 is 6.18 Å². The first kappa shape index (κ1) is 19.8. The highest BCUT2D eigenvalue weighted by Crippen LogP contribution is 2.46. The van der Waals surface area contributed by atoms with Crippen LogP contribution in [0.15, 0.2) is 42.4 Å². The van der Waals surface area contributed by atoms with Crippen LogP contribution in [0, 0.1) is 11.3 Å². The molecule has 6 nitrogen and oxygen atoms in total. The van der Waals surface area contributed by atoms with Crippen molar-refractivity contribution in [3.63, 3.8) is 0 Å². The number of amides is 2.